The Morgan fingerprint density at radius 2 is 2.06 bits per heavy atom. The summed E-state index contributed by atoms with van der Waals surface area (Å²) in [6.07, 6.45) is 0. The molecule has 0 atom stereocenters. The van der Waals surface area contributed by atoms with Crippen molar-refractivity contribution < 1.29 is 4.74 Å². The second-order valence-electron chi connectivity index (χ2n) is 4.26. The van der Waals surface area contributed by atoms with Crippen molar-refractivity contribution in [1.29, 1.82) is 0 Å². The summed E-state index contributed by atoms with van der Waals surface area (Å²) in [6, 6.07) is 8.22. The highest BCUT2D eigenvalue weighted by atomic mass is 32.1. The third-order valence-electron chi connectivity index (χ3n) is 2.62. The number of thiophene rings is 1. The molecule has 0 spiro atoms. The van der Waals surface area contributed by atoms with E-state index in [4.69, 9.17) is 4.74 Å². The first-order valence-corrected chi connectivity index (χ1v) is 6.76. The van der Waals surface area contributed by atoms with Gasteiger partial charge in [-0.1, -0.05) is 0 Å². The molecule has 2 heterocycles. The van der Waals surface area contributed by atoms with Gasteiger partial charge in [-0.2, -0.15) is 0 Å². The molecule has 0 saturated heterocycles. The molecule has 2 aromatic heterocycles. The van der Waals surface area contributed by atoms with Gasteiger partial charge in [0.15, 0.2) is 0 Å². The minimum atomic E-state index is 0.759. The van der Waals surface area contributed by atoms with Crippen LogP contribution < -0.4 is 10.1 Å². The number of rotatable bonds is 5. The molecule has 96 valence electrons. The Balaban J connectivity index is 1.91. The van der Waals surface area contributed by atoms with Crippen molar-refractivity contribution in [3.8, 4) is 5.75 Å². The van der Waals surface area contributed by atoms with Crippen LogP contribution in [0.4, 0.5) is 0 Å². The smallest absolute Gasteiger partial charge is 0.122 e. The molecule has 4 heteroatoms. The molecule has 0 unspecified atom stereocenters. The number of nitrogens with zero attached hydrogens (tertiary/aromatic N) is 1. The zero-order valence-electron chi connectivity index (χ0n) is 11.0. The average Bonchev–Trinajstić information content (AvgIpc) is 2.74. The lowest BCUT2D eigenvalue weighted by atomic mass is 10.3. The molecule has 0 aliphatic heterocycles. The van der Waals surface area contributed by atoms with Crippen molar-refractivity contribution >= 4 is 11.3 Å². The van der Waals surface area contributed by atoms with E-state index in [9.17, 15) is 0 Å². The Bertz CT molecular complexity index is 522. The van der Waals surface area contributed by atoms with E-state index < -0.39 is 0 Å². The second-order valence-corrected chi connectivity index (χ2v) is 5.63. The lowest BCUT2D eigenvalue weighted by Gasteiger charge is -2.06. The van der Waals surface area contributed by atoms with Crippen LogP contribution in [0.3, 0.4) is 0 Å². The number of pyridine rings is 1. The fraction of sp³-hybridized carbons (Fsp3) is 0.357. The maximum Gasteiger partial charge on any atom is 0.122 e. The molecule has 0 radical (unpaired) electrons. The van der Waals surface area contributed by atoms with E-state index in [0.717, 1.165) is 30.2 Å². The van der Waals surface area contributed by atoms with Gasteiger partial charge >= 0.3 is 0 Å². The van der Waals surface area contributed by atoms with Crippen molar-refractivity contribution in [2.75, 3.05) is 7.11 Å². The monoisotopic (exact) mass is 262 g/mol. The number of hydrogen-bond donors (Lipinski definition) is 1. The first kappa shape index (κ1) is 13.1. The van der Waals surface area contributed by atoms with Gasteiger partial charge in [0.1, 0.15) is 5.75 Å². The molecule has 1 N–H and O–H groups in total. The number of methoxy groups -OCH3 is 1. The summed E-state index contributed by atoms with van der Waals surface area (Å²) in [5.74, 6) is 0.867. The summed E-state index contributed by atoms with van der Waals surface area (Å²) in [7, 11) is 1.68. The van der Waals surface area contributed by atoms with Gasteiger partial charge in [0.05, 0.1) is 12.8 Å². The van der Waals surface area contributed by atoms with Gasteiger partial charge < -0.3 is 10.1 Å². The molecule has 0 aliphatic carbocycles. The normalized spacial score (nSPS) is 10.6. The van der Waals surface area contributed by atoms with Crippen LogP contribution in [0.15, 0.2) is 24.3 Å². The highest BCUT2D eigenvalue weighted by Crippen LogP contribution is 2.15. The van der Waals surface area contributed by atoms with Gasteiger partial charge in [-0.15, -0.1) is 11.3 Å². The van der Waals surface area contributed by atoms with Gasteiger partial charge in [-0.25, -0.2) is 0 Å². The van der Waals surface area contributed by atoms with E-state index in [1.807, 2.05) is 30.4 Å². The van der Waals surface area contributed by atoms with E-state index in [0.29, 0.717) is 0 Å². The molecule has 18 heavy (non-hydrogen) atoms. The van der Waals surface area contributed by atoms with Crippen molar-refractivity contribution in [3.63, 3.8) is 0 Å². The molecular weight excluding hydrogens is 244 g/mol. The number of ether oxygens (including phenoxy) is 1. The topological polar surface area (TPSA) is 34.1 Å². The standard InChI is InChI=1S/C14H18N2OS/c1-10-6-13(17-3)7-12(16-10)8-15-9-14-5-4-11(2)18-14/h4-7,15H,8-9H2,1-3H3. The summed E-state index contributed by atoms with van der Waals surface area (Å²) in [6.45, 7) is 5.75. The van der Waals surface area contributed by atoms with Gasteiger partial charge in [-0.05, 0) is 26.0 Å². The summed E-state index contributed by atoms with van der Waals surface area (Å²) in [4.78, 5) is 7.18. The maximum absolute atomic E-state index is 5.24. The fourth-order valence-electron chi connectivity index (χ4n) is 1.81. The molecule has 0 bridgehead atoms. The Morgan fingerprint density at radius 3 is 2.72 bits per heavy atom. The summed E-state index contributed by atoms with van der Waals surface area (Å²) < 4.78 is 5.24. The Labute approximate surface area is 112 Å². The van der Waals surface area contributed by atoms with E-state index in [2.05, 4.69) is 29.4 Å². The molecular formula is C14H18N2OS. The zero-order chi connectivity index (χ0) is 13.0. The van der Waals surface area contributed by atoms with Crippen LogP contribution in [0.5, 0.6) is 5.75 Å². The van der Waals surface area contributed by atoms with Crippen LogP contribution >= 0.6 is 11.3 Å². The Morgan fingerprint density at radius 1 is 1.22 bits per heavy atom. The first-order chi connectivity index (χ1) is 8.67. The number of hydrogen-bond acceptors (Lipinski definition) is 4. The van der Waals surface area contributed by atoms with E-state index in [1.54, 1.807) is 7.11 Å². The molecule has 0 amide bonds. The highest BCUT2D eigenvalue weighted by molar-refractivity contribution is 7.11. The zero-order valence-corrected chi connectivity index (χ0v) is 11.8. The third kappa shape index (κ3) is 3.55. The Kier molecular flexibility index (Phi) is 4.33. The summed E-state index contributed by atoms with van der Waals surface area (Å²) >= 11 is 1.83. The number of aryl methyl sites for hydroxylation is 2. The largest absolute Gasteiger partial charge is 0.497 e. The van der Waals surface area contributed by atoms with Crippen LogP contribution in [0.2, 0.25) is 0 Å². The van der Waals surface area contributed by atoms with Crippen molar-refractivity contribution in [1.82, 2.24) is 10.3 Å². The molecule has 2 rings (SSSR count). The van der Waals surface area contributed by atoms with Gasteiger partial charge in [-0.3, -0.25) is 4.98 Å². The minimum Gasteiger partial charge on any atom is -0.497 e. The van der Waals surface area contributed by atoms with E-state index >= 15 is 0 Å². The van der Waals surface area contributed by atoms with Crippen molar-refractivity contribution in [3.05, 3.63) is 45.4 Å². The first-order valence-electron chi connectivity index (χ1n) is 5.95. The highest BCUT2D eigenvalue weighted by Gasteiger charge is 2.01. The molecule has 0 fully saturated rings. The van der Waals surface area contributed by atoms with Crippen LogP contribution in [0.1, 0.15) is 21.1 Å². The third-order valence-corrected chi connectivity index (χ3v) is 3.62. The summed E-state index contributed by atoms with van der Waals surface area (Å²) in [5.41, 5.74) is 2.00. The van der Waals surface area contributed by atoms with Crippen LogP contribution in [0, 0.1) is 13.8 Å². The molecule has 2 aromatic rings. The lowest BCUT2D eigenvalue weighted by Crippen LogP contribution is -2.13. The van der Waals surface area contributed by atoms with Crippen LogP contribution in [0.25, 0.3) is 0 Å². The second kappa shape index (κ2) is 5.98. The van der Waals surface area contributed by atoms with Crippen LogP contribution in [-0.4, -0.2) is 12.1 Å². The number of aromatic nitrogens is 1. The van der Waals surface area contributed by atoms with Gasteiger partial charge in [0.25, 0.3) is 0 Å². The fourth-order valence-corrected chi connectivity index (χ4v) is 2.67. The average molecular weight is 262 g/mol. The lowest BCUT2D eigenvalue weighted by molar-refractivity contribution is 0.412. The van der Waals surface area contributed by atoms with Gasteiger partial charge in [0, 0.05) is 40.7 Å². The summed E-state index contributed by atoms with van der Waals surface area (Å²) in [5, 5.41) is 3.40. The molecule has 0 aromatic carbocycles. The maximum atomic E-state index is 5.24. The number of nitrogens with one attached hydrogen (secondary N) is 1. The Hall–Kier alpha value is -1.39. The predicted octanol–water partition coefficient (Wildman–Crippen LogP) is 3.06. The molecule has 0 saturated carbocycles. The molecule has 0 aliphatic rings. The predicted molar refractivity (Wildman–Crippen MR) is 75.1 cm³/mol. The quantitative estimate of drug-likeness (QED) is 0.899. The van der Waals surface area contributed by atoms with Crippen molar-refractivity contribution in [2.24, 2.45) is 0 Å². The SMILES string of the molecule is COc1cc(C)nc(CNCc2ccc(C)s2)c1. The van der Waals surface area contributed by atoms with E-state index in [-0.39, 0.29) is 0 Å². The minimum absolute atomic E-state index is 0.759. The van der Waals surface area contributed by atoms with Gasteiger partial charge in [0.2, 0.25) is 0 Å². The van der Waals surface area contributed by atoms with E-state index in [1.165, 1.54) is 9.75 Å². The van der Waals surface area contributed by atoms with Crippen LogP contribution in [-0.2, 0) is 13.1 Å². The van der Waals surface area contributed by atoms with Crippen molar-refractivity contribution in [2.45, 2.75) is 26.9 Å². The molecule has 3 nitrogen and oxygen atoms in total.